The highest BCUT2D eigenvalue weighted by Gasteiger charge is 2.14. The summed E-state index contributed by atoms with van der Waals surface area (Å²) >= 11 is 1.79. The van der Waals surface area contributed by atoms with Crippen LogP contribution in [0.25, 0.3) is 10.2 Å². The van der Waals surface area contributed by atoms with Crippen LogP contribution < -0.4 is 10.5 Å². The Hall–Kier alpha value is -1.13. The first-order valence-corrected chi connectivity index (χ1v) is 8.68. The number of aryl methyl sites for hydroxylation is 1. The third kappa shape index (κ3) is 4.42. The standard InChI is InChI=1S/C17H26N2OS/c1-4-20-14-6-7-15-16(11-14)21-17(19-15)8-5-13(9-10-18)12(2)3/h6-7,11-13H,4-5,8-10,18H2,1-3H3. The van der Waals surface area contributed by atoms with Gasteiger partial charge in [-0.1, -0.05) is 13.8 Å². The number of ether oxygens (including phenoxy) is 1. The summed E-state index contributed by atoms with van der Waals surface area (Å²) < 4.78 is 6.77. The Labute approximate surface area is 131 Å². The molecule has 116 valence electrons. The second-order valence-electron chi connectivity index (χ2n) is 5.79. The van der Waals surface area contributed by atoms with E-state index in [1.54, 1.807) is 11.3 Å². The average molecular weight is 306 g/mol. The van der Waals surface area contributed by atoms with Crippen LogP contribution in [0, 0.1) is 11.8 Å². The predicted octanol–water partition coefficient (Wildman–Crippen LogP) is 4.25. The first-order valence-electron chi connectivity index (χ1n) is 7.86. The molecular formula is C17H26N2OS. The summed E-state index contributed by atoms with van der Waals surface area (Å²) in [5.74, 6) is 2.32. The molecule has 1 atom stereocenters. The highest BCUT2D eigenvalue weighted by molar-refractivity contribution is 7.18. The molecule has 0 saturated carbocycles. The molecular weight excluding hydrogens is 280 g/mol. The molecule has 0 saturated heterocycles. The summed E-state index contributed by atoms with van der Waals surface area (Å²) in [4.78, 5) is 4.74. The molecule has 0 aliphatic rings. The van der Waals surface area contributed by atoms with Crippen LogP contribution in [0.1, 0.15) is 38.6 Å². The van der Waals surface area contributed by atoms with Crippen LogP contribution in [0.2, 0.25) is 0 Å². The molecule has 1 aromatic carbocycles. The molecule has 2 N–H and O–H groups in total. The van der Waals surface area contributed by atoms with Crippen LogP contribution in [-0.2, 0) is 6.42 Å². The van der Waals surface area contributed by atoms with E-state index in [1.807, 2.05) is 13.0 Å². The van der Waals surface area contributed by atoms with Gasteiger partial charge < -0.3 is 10.5 Å². The number of nitrogens with two attached hydrogens (primary N) is 1. The highest BCUT2D eigenvalue weighted by Crippen LogP contribution is 2.29. The summed E-state index contributed by atoms with van der Waals surface area (Å²) in [6.07, 6.45) is 3.33. The molecule has 0 amide bonds. The Morgan fingerprint density at radius 3 is 2.76 bits per heavy atom. The van der Waals surface area contributed by atoms with E-state index in [4.69, 9.17) is 15.5 Å². The van der Waals surface area contributed by atoms with Gasteiger partial charge in [0.25, 0.3) is 0 Å². The lowest BCUT2D eigenvalue weighted by molar-refractivity contribution is 0.341. The van der Waals surface area contributed by atoms with Gasteiger partial charge in [0, 0.05) is 0 Å². The lowest BCUT2D eigenvalue weighted by Crippen LogP contribution is -2.15. The maximum atomic E-state index is 5.72. The van der Waals surface area contributed by atoms with Gasteiger partial charge in [0.2, 0.25) is 0 Å². The maximum Gasteiger partial charge on any atom is 0.120 e. The zero-order valence-electron chi connectivity index (χ0n) is 13.3. The van der Waals surface area contributed by atoms with Crippen molar-refractivity contribution in [3.05, 3.63) is 23.2 Å². The number of hydrogen-bond donors (Lipinski definition) is 1. The zero-order chi connectivity index (χ0) is 15.2. The second-order valence-corrected chi connectivity index (χ2v) is 6.91. The molecule has 0 bridgehead atoms. The third-order valence-electron chi connectivity index (χ3n) is 3.92. The molecule has 3 nitrogen and oxygen atoms in total. The van der Waals surface area contributed by atoms with E-state index in [1.165, 1.54) is 16.1 Å². The molecule has 0 spiro atoms. The Morgan fingerprint density at radius 2 is 2.10 bits per heavy atom. The molecule has 1 heterocycles. The molecule has 21 heavy (non-hydrogen) atoms. The minimum absolute atomic E-state index is 0.687. The molecule has 0 aliphatic heterocycles. The van der Waals surface area contributed by atoms with E-state index in [2.05, 4.69) is 26.0 Å². The summed E-state index contributed by atoms with van der Waals surface area (Å²) in [6.45, 7) is 8.05. The summed E-state index contributed by atoms with van der Waals surface area (Å²) in [5.41, 5.74) is 6.80. The van der Waals surface area contributed by atoms with Crippen molar-refractivity contribution in [2.75, 3.05) is 13.2 Å². The fourth-order valence-corrected chi connectivity index (χ4v) is 3.66. The van der Waals surface area contributed by atoms with Crippen LogP contribution in [0.15, 0.2) is 18.2 Å². The minimum Gasteiger partial charge on any atom is -0.494 e. The van der Waals surface area contributed by atoms with Crippen molar-refractivity contribution in [1.29, 1.82) is 0 Å². The third-order valence-corrected chi connectivity index (χ3v) is 5.00. The number of thiazole rings is 1. The van der Waals surface area contributed by atoms with Gasteiger partial charge in [0.05, 0.1) is 21.8 Å². The lowest BCUT2D eigenvalue weighted by atomic mass is 9.88. The Kier molecular flexibility index (Phi) is 6.00. The molecule has 0 fully saturated rings. The quantitative estimate of drug-likeness (QED) is 0.793. The SMILES string of the molecule is CCOc1ccc2nc(CCC(CCN)C(C)C)sc2c1. The van der Waals surface area contributed by atoms with Crippen LogP contribution in [0.5, 0.6) is 5.75 Å². The maximum absolute atomic E-state index is 5.72. The van der Waals surface area contributed by atoms with E-state index >= 15 is 0 Å². The molecule has 1 unspecified atom stereocenters. The topological polar surface area (TPSA) is 48.1 Å². The predicted molar refractivity (Wildman–Crippen MR) is 91.1 cm³/mol. The number of nitrogens with zero attached hydrogens (tertiary/aromatic N) is 1. The normalized spacial score (nSPS) is 13.0. The van der Waals surface area contributed by atoms with E-state index in [-0.39, 0.29) is 0 Å². The van der Waals surface area contributed by atoms with Gasteiger partial charge in [-0.2, -0.15) is 0 Å². The molecule has 2 aromatic rings. The summed E-state index contributed by atoms with van der Waals surface area (Å²) in [6, 6.07) is 6.15. The largest absolute Gasteiger partial charge is 0.494 e. The highest BCUT2D eigenvalue weighted by atomic mass is 32.1. The minimum atomic E-state index is 0.687. The lowest BCUT2D eigenvalue weighted by Gasteiger charge is -2.19. The first kappa shape index (κ1) is 16.2. The number of aromatic nitrogens is 1. The number of benzene rings is 1. The fraction of sp³-hybridized carbons (Fsp3) is 0.588. The van der Waals surface area contributed by atoms with E-state index < -0.39 is 0 Å². The number of fused-ring (bicyclic) bond motifs is 1. The number of rotatable bonds is 8. The first-order chi connectivity index (χ1) is 10.1. The van der Waals surface area contributed by atoms with Crippen molar-refractivity contribution in [1.82, 2.24) is 4.98 Å². The van der Waals surface area contributed by atoms with Gasteiger partial charge in [-0.25, -0.2) is 4.98 Å². The van der Waals surface area contributed by atoms with E-state index in [0.717, 1.165) is 30.7 Å². The van der Waals surface area contributed by atoms with Crippen molar-refractivity contribution in [3.8, 4) is 5.75 Å². The monoisotopic (exact) mass is 306 g/mol. The molecule has 0 aliphatic carbocycles. The zero-order valence-corrected chi connectivity index (χ0v) is 14.1. The molecule has 2 rings (SSSR count). The van der Waals surface area contributed by atoms with E-state index in [9.17, 15) is 0 Å². The van der Waals surface area contributed by atoms with Crippen molar-refractivity contribution in [2.45, 2.75) is 40.0 Å². The molecule has 1 aromatic heterocycles. The van der Waals surface area contributed by atoms with Crippen LogP contribution in [-0.4, -0.2) is 18.1 Å². The Bertz CT molecular complexity index is 565. The van der Waals surface area contributed by atoms with E-state index in [0.29, 0.717) is 18.4 Å². The second kappa shape index (κ2) is 7.76. The Balaban J connectivity index is 2.05. The van der Waals surface area contributed by atoms with Gasteiger partial charge in [0.15, 0.2) is 0 Å². The van der Waals surface area contributed by atoms with Gasteiger partial charge in [-0.3, -0.25) is 0 Å². The average Bonchev–Trinajstić information content (AvgIpc) is 2.85. The summed E-state index contributed by atoms with van der Waals surface area (Å²) in [7, 11) is 0. The fourth-order valence-electron chi connectivity index (χ4n) is 2.65. The van der Waals surface area contributed by atoms with Crippen LogP contribution in [0.4, 0.5) is 0 Å². The van der Waals surface area contributed by atoms with Gasteiger partial charge in [-0.15, -0.1) is 11.3 Å². The van der Waals surface area contributed by atoms with Gasteiger partial charge in [0.1, 0.15) is 5.75 Å². The van der Waals surface area contributed by atoms with Crippen molar-refractivity contribution in [2.24, 2.45) is 17.6 Å². The smallest absolute Gasteiger partial charge is 0.120 e. The molecule has 4 heteroatoms. The molecule has 0 radical (unpaired) electrons. The van der Waals surface area contributed by atoms with Gasteiger partial charge >= 0.3 is 0 Å². The van der Waals surface area contributed by atoms with Gasteiger partial charge in [-0.05, 0) is 62.8 Å². The summed E-state index contributed by atoms with van der Waals surface area (Å²) in [5, 5.41) is 1.22. The number of hydrogen-bond acceptors (Lipinski definition) is 4. The van der Waals surface area contributed by atoms with Crippen LogP contribution >= 0.6 is 11.3 Å². The van der Waals surface area contributed by atoms with Crippen LogP contribution in [0.3, 0.4) is 0 Å². The Morgan fingerprint density at radius 1 is 1.29 bits per heavy atom. The van der Waals surface area contributed by atoms with Crippen molar-refractivity contribution >= 4 is 21.6 Å². The van der Waals surface area contributed by atoms with Crippen molar-refractivity contribution in [3.63, 3.8) is 0 Å². The van der Waals surface area contributed by atoms with Crippen molar-refractivity contribution < 1.29 is 4.74 Å².